The van der Waals surface area contributed by atoms with E-state index in [-0.39, 0.29) is 0 Å². The van der Waals surface area contributed by atoms with Crippen LogP contribution in [0.15, 0.2) is 18.5 Å². The molecule has 0 saturated carbocycles. The Hall–Kier alpha value is -1.55. The predicted octanol–water partition coefficient (Wildman–Crippen LogP) is 1.96. The first-order chi connectivity index (χ1) is 7.45. The van der Waals surface area contributed by atoms with Crippen LogP contribution in [0.2, 0.25) is 0 Å². The molecule has 0 atom stereocenters. The van der Waals surface area contributed by atoms with Crippen molar-refractivity contribution >= 4 is 5.82 Å². The fraction of sp³-hybridized carbons (Fsp3) is 0.417. The van der Waals surface area contributed by atoms with Gasteiger partial charge in [-0.05, 0) is 31.9 Å². The normalized spacial score (nSPS) is 10.1. The molecule has 1 aromatic rings. The molecule has 0 amide bonds. The quantitative estimate of drug-likeness (QED) is 0.761. The second-order valence-electron chi connectivity index (χ2n) is 3.91. The molecule has 0 unspecified atom stereocenters. The number of hydrazine groups is 1. The van der Waals surface area contributed by atoms with Gasteiger partial charge in [-0.15, -0.1) is 0 Å². The lowest BCUT2D eigenvalue weighted by Gasteiger charge is -2.22. The van der Waals surface area contributed by atoms with E-state index in [1.807, 2.05) is 27.9 Å². The first-order valence-corrected chi connectivity index (χ1v) is 5.27. The molecule has 0 aliphatic carbocycles. The van der Waals surface area contributed by atoms with Gasteiger partial charge in [0.15, 0.2) is 0 Å². The molecular formula is C12H20N4. The smallest absolute Gasteiger partial charge is 0.134 e. The summed E-state index contributed by atoms with van der Waals surface area (Å²) in [5.74, 6) is 1.62. The van der Waals surface area contributed by atoms with Crippen molar-refractivity contribution in [1.29, 1.82) is 0 Å². The van der Waals surface area contributed by atoms with Crippen LogP contribution in [0.1, 0.15) is 16.8 Å². The van der Waals surface area contributed by atoms with E-state index >= 15 is 0 Å². The van der Waals surface area contributed by atoms with Crippen molar-refractivity contribution in [2.45, 2.75) is 20.8 Å². The molecule has 1 heterocycles. The average molecular weight is 220 g/mol. The zero-order chi connectivity index (χ0) is 12.3. The van der Waals surface area contributed by atoms with Gasteiger partial charge in [-0.2, -0.15) is 0 Å². The van der Waals surface area contributed by atoms with E-state index in [1.165, 1.54) is 5.56 Å². The fourth-order valence-electron chi connectivity index (χ4n) is 1.32. The van der Waals surface area contributed by atoms with Crippen molar-refractivity contribution in [3.05, 3.63) is 35.3 Å². The molecular weight excluding hydrogens is 200 g/mol. The third-order valence-electron chi connectivity index (χ3n) is 2.66. The fourth-order valence-corrected chi connectivity index (χ4v) is 1.32. The Kier molecular flexibility index (Phi) is 3.90. The number of nitrogens with one attached hydrogen (secondary N) is 2. The van der Waals surface area contributed by atoms with Crippen molar-refractivity contribution in [3.63, 3.8) is 0 Å². The average Bonchev–Trinajstić information content (AvgIpc) is 2.24. The van der Waals surface area contributed by atoms with Gasteiger partial charge in [0.2, 0.25) is 0 Å². The highest BCUT2D eigenvalue weighted by Gasteiger charge is 2.06. The second kappa shape index (κ2) is 4.99. The van der Waals surface area contributed by atoms with E-state index in [1.54, 1.807) is 5.01 Å². The molecule has 0 saturated heterocycles. The maximum Gasteiger partial charge on any atom is 0.134 e. The monoisotopic (exact) mass is 220 g/mol. The van der Waals surface area contributed by atoms with Gasteiger partial charge in [0.05, 0.1) is 0 Å². The molecule has 4 heteroatoms. The maximum atomic E-state index is 4.50. The number of aromatic nitrogens is 1. The van der Waals surface area contributed by atoms with Crippen LogP contribution in [0, 0.1) is 20.8 Å². The number of anilines is 1. The number of rotatable bonds is 4. The Bertz CT molecular complexity index is 398. The molecule has 16 heavy (non-hydrogen) atoms. The minimum Gasteiger partial charge on any atom is -0.326 e. The molecule has 1 aromatic heterocycles. The summed E-state index contributed by atoms with van der Waals surface area (Å²) in [7, 11) is 3.74. The highest BCUT2D eigenvalue weighted by molar-refractivity contribution is 5.49. The standard InChI is InChI=1S/C12H20N4/c1-8-7-9(2)12(14-10(8)3)15-11(4)16(6)13-5/h7,13H,4H2,1-3,5-6H3,(H,14,15). The van der Waals surface area contributed by atoms with Crippen molar-refractivity contribution in [2.24, 2.45) is 0 Å². The van der Waals surface area contributed by atoms with Gasteiger partial charge in [0.1, 0.15) is 11.6 Å². The first kappa shape index (κ1) is 12.5. The maximum absolute atomic E-state index is 4.50. The molecule has 0 aromatic carbocycles. The summed E-state index contributed by atoms with van der Waals surface area (Å²) in [6.45, 7) is 10.0. The van der Waals surface area contributed by atoms with E-state index in [9.17, 15) is 0 Å². The number of hydrogen-bond donors (Lipinski definition) is 2. The molecule has 88 valence electrons. The number of nitrogens with zero attached hydrogens (tertiary/aromatic N) is 2. The number of aryl methyl sites for hydroxylation is 3. The van der Waals surface area contributed by atoms with E-state index < -0.39 is 0 Å². The van der Waals surface area contributed by atoms with Crippen LogP contribution in [0.3, 0.4) is 0 Å². The topological polar surface area (TPSA) is 40.2 Å². The highest BCUT2D eigenvalue weighted by atomic mass is 15.5. The molecule has 0 aliphatic heterocycles. The van der Waals surface area contributed by atoms with E-state index in [0.29, 0.717) is 0 Å². The van der Waals surface area contributed by atoms with Gasteiger partial charge in [-0.1, -0.05) is 12.6 Å². The molecule has 4 nitrogen and oxygen atoms in total. The summed E-state index contributed by atoms with van der Waals surface area (Å²) < 4.78 is 0. The molecule has 1 rings (SSSR count). The van der Waals surface area contributed by atoms with Gasteiger partial charge >= 0.3 is 0 Å². The van der Waals surface area contributed by atoms with Gasteiger partial charge in [0, 0.05) is 19.8 Å². The van der Waals surface area contributed by atoms with Crippen LogP contribution in [0.5, 0.6) is 0 Å². The molecule has 0 bridgehead atoms. The Labute approximate surface area is 97.3 Å². The summed E-state index contributed by atoms with van der Waals surface area (Å²) in [6, 6.07) is 2.12. The Morgan fingerprint density at radius 2 is 1.94 bits per heavy atom. The zero-order valence-electron chi connectivity index (χ0n) is 10.7. The van der Waals surface area contributed by atoms with Crippen LogP contribution in [0.4, 0.5) is 5.82 Å². The Morgan fingerprint density at radius 1 is 1.31 bits per heavy atom. The van der Waals surface area contributed by atoms with Crippen molar-refractivity contribution in [1.82, 2.24) is 15.4 Å². The van der Waals surface area contributed by atoms with Crippen LogP contribution in [-0.2, 0) is 0 Å². The van der Waals surface area contributed by atoms with Crippen LogP contribution in [0.25, 0.3) is 0 Å². The van der Waals surface area contributed by atoms with Gasteiger partial charge in [-0.25, -0.2) is 10.4 Å². The van der Waals surface area contributed by atoms with E-state index in [2.05, 4.69) is 35.3 Å². The Balaban J connectivity index is 2.90. The van der Waals surface area contributed by atoms with Crippen molar-refractivity contribution < 1.29 is 0 Å². The molecule has 0 fully saturated rings. The summed E-state index contributed by atoms with van der Waals surface area (Å²) in [5.41, 5.74) is 6.33. The minimum atomic E-state index is 0.765. The first-order valence-electron chi connectivity index (χ1n) is 5.27. The highest BCUT2D eigenvalue weighted by Crippen LogP contribution is 2.17. The molecule has 0 radical (unpaired) electrons. The van der Waals surface area contributed by atoms with Crippen LogP contribution in [-0.4, -0.2) is 24.1 Å². The predicted molar refractivity (Wildman–Crippen MR) is 68.0 cm³/mol. The van der Waals surface area contributed by atoms with Crippen LogP contribution >= 0.6 is 0 Å². The SMILES string of the molecule is C=C(Nc1nc(C)c(C)cc1C)N(C)NC. The molecule has 0 spiro atoms. The number of pyridine rings is 1. The summed E-state index contributed by atoms with van der Waals surface area (Å²) in [5, 5.41) is 4.99. The van der Waals surface area contributed by atoms with Gasteiger partial charge in [0.25, 0.3) is 0 Å². The van der Waals surface area contributed by atoms with Gasteiger partial charge < -0.3 is 5.32 Å². The third kappa shape index (κ3) is 2.73. The lowest BCUT2D eigenvalue weighted by Crippen LogP contribution is -2.33. The molecule has 2 N–H and O–H groups in total. The molecule has 0 aliphatic rings. The lowest BCUT2D eigenvalue weighted by atomic mass is 10.1. The zero-order valence-corrected chi connectivity index (χ0v) is 10.7. The summed E-state index contributed by atoms with van der Waals surface area (Å²) in [4.78, 5) is 4.50. The summed E-state index contributed by atoms with van der Waals surface area (Å²) >= 11 is 0. The third-order valence-corrected chi connectivity index (χ3v) is 2.66. The van der Waals surface area contributed by atoms with Gasteiger partial charge in [-0.3, -0.25) is 5.01 Å². The van der Waals surface area contributed by atoms with Crippen LogP contribution < -0.4 is 10.7 Å². The number of hydrogen-bond acceptors (Lipinski definition) is 4. The lowest BCUT2D eigenvalue weighted by molar-refractivity contribution is 0.337. The van der Waals surface area contributed by atoms with Crippen molar-refractivity contribution in [3.8, 4) is 0 Å². The Morgan fingerprint density at radius 3 is 2.50 bits per heavy atom. The summed E-state index contributed by atoms with van der Waals surface area (Å²) in [6.07, 6.45) is 0. The van der Waals surface area contributed by atoms with Crippen molar-refractivity contribution in [2.75, 3.05) is 19.4 Å². The van der Waals surface area contributed by atoms with E-state index in [0.717, 1.165) is 22.9 Å². The largest absolute Gasteiger partial charge is 0.326 e. The van der Waals surface area contributed by atoms with E-state index in [4.69, 9.17) is 0 Å². The minimum absolute atomic E-state index is 0.765. The second-order valence-corrected chi connectivity index (χ2v) is 3.91.